The van der Waals surface area contributed by atoms with Crippen LogP contribution < -0.4 is 16.0 Å². The number of rotatable bonds is 6. The molecule has 1 saturated heterocycles. The first kappa shape index (κ1) is 18.9. The van der Waals surface area contributed by atoms with E-state index in [1.165, 1.54) is 0 Å². The Morgan fingerprint density at radius 3 is 2.69 bits per heavy atom. The number of imide groups is 1. The number of urea groups is 2. The van der Waals surface area contributed by atoms with Gasteiger partial charge < -0.3 is 15.5 Å². The SMILES string of the molecule is CC1(CNC(=O)N(Cc2cccc(-c3cccnc3)c2)C2CC2)NC(=O)NC1=O. The molecule has 1 atom stereocenters. The van der Waals surface area contributed by atoms with Crippen molar-refractivity contribution in [1.29, 1.82) is 0 Å². The Hall–Kier alpha value is -3.42. The van der Waals surface area contributed by atoms with Crippen molar-refractivity contribution in [2.75, 3.05) is 6.54 Å². The molecule has 0 radical (unpaired) electrons. The number of aromatic nitrogens is 1. The van der Waals surface area contributed by atoms with Gasteiger partial charge in [-0.15, -0.1) is 0 Å². The normalized spacial score (nSPS) is 20.7. The van der Waals surface area contributed by atoms with Crippen LogP contribution in [-0.2, 0) is 11.3 Å². The van der Waals surface area contributed by atoms with Crippen molar-refractivity contribution in [3.8, 4) is 11.1 Å². The molecule has 1 aromatic carbocycles. The van der Waals surface area contributed by atoms with Gasteiger partial charge in [0.2, 0.25) is 0 Å². The number of carbonyl (C=O) groups is 3. The van der Waals surface area contributed by atoms with E-state index >= 15 is 0 Å². The first-order chi connectivity index (χ1) is 13.9. The van der Waals surface area contributed by atoms with E-state index in [1.807, 2.05) is 36.5 Å². The summed E-state index contributed by atoms with van der Waals surface area (Å²) in [5.74, 6) is -0.440. The van der Waals surface area contributed by atoms with Crippen molar-refractivity contribution in [1.82, 2.24) is 25.8 Å². The third-order valence-electron chi connectivity index (χ3n) is 5.23. The number of benzene rings is 1. The van der Waals surface area contributed by atoms with Gasteiger partial charge in [-0.05, 0) is 48.6 Å². The summed E-state index contributed by atoms with van der Waals surface area (Å²) in [5, 5.41) is 7.56. The second-order valence-electron chi connectivity index (χ2n) is 7.70. The highest BCUT2D eigenvalue weighted by molar-refractivity contribution is 6.07. The molecule has 29 heavy (non-hydrogen) atoms. The van der Waals surface area contributed by atoms with Crippen molar-refractivity contribution < 1.29 is 14.4 Å². The number of hydrogen-bond acceptors (Lipinski definition) is 4. The molecule has 2 heterocycles. The lowest BCUT2D eigenvalue weighted by atomic mass is 10.0. The number of hydrogen-bond donors (Lipinski definition) is 3. The summed E-state index contributed by atoms with van der Waals surface area (Å²) in [5.41, 5.74) is 1.95. The number of nitrogens with zero attached hydrogens (tertiary/aromatic N) is 2. The third kappa shape index (κ3) is 4.21. The smallest absolute Gasteiger partial charge is 0.322 e. The predicted molar refractivity (Wildman–Crippen MR) is 107 cm³/mol. The first-order valence-electron chi connectivity index (χ1n) is 9.62. The Bertz CT molecular complexity index is 944. The summed E-state index contributed by atoms with van der Waals surface area (Å²) in [4.78, 5) is 42.1. The van der Waals surface area contributed by atoms with Crippen LogP contribution in [0.4, 0.5) is 9.59 Å². The Labute approximate surface area is 168 Å². The van der Waals surface area contributed by atoms with Crippen molar-refractivity contribution in [3.63, 3.8) is 0 Å². The molecule has 1 unspecified atom stereocenters. The lowest BCUT2D eigenvalue weighted by Gasteiger charge is -2.26. The molecule has 1 saturated carbocycles. The largest absolute Gasteiger partial charge is 0.335 e. The molecule has 2 aliphatic rings. The summed E-state index contributed by atoms with van der Waals surface area (Å²) >= 11 is 0. The van der Waals surface area contributed by atoms with E-state index in [2.05, 4.69) is 27.0 Å². The maximum Gasteiger partial charge on any atom is 0.322 e. The molecule has 4 rings (SSSR count). The number of amides is 5. The summed E-state index contributed by atoms with van der Waals surface area (Å²) in [6.45, 7) is 2.09. The molecule has 1 aliphatic carbocycles. The first-order valence-corrected chi connectivity index (χ1v) is 9.62. The zero-order valence-corrected chi connectivity index (χ0v) is 16.1. The van der Waals surface area contributed by atoms with Crippen LogP contribution in [0, 0.1) is 0 Å². The van der Waals surface area contributed by atoms with Gasteiger partial charge in [0.05, 0.1) is 6.54 Å². The van der Waals surface area contributed by atoms with E-state index in [-0.39, 0.29) is 18.6 Å². The minimum Gasteiger partial charge on any atom is -0.335 e. The molecule has 150 valence electrons. The minimum absolute atomic E-state index is 0.0301. The fourth-order valence-electron chi connectivity index (χ4n) is 3.39. The predicted octanol–water partition coefficient (Wildman–Crippen LogP) is 2.02. The summed E-state index contributed by atoms with van der Waals surface area (Å²) in [6, 6.07) is 11.3. The third-order valence-corrected chi connectivity index (χ3v) is 5.23. The maximum absolute atomic E-state index is 12.8. The van der Waals surface area contributed by atoms with Crippen LogP contribution in [0.1, 0.15) is 25.3 Å². The molecule has 0 bridgehead atoms. The standard InChI is InChI=1S/C21H23N5O3/c1-21(18(27)24-19(28)25-21)13-23-20(29)26(17-7-8-17)12-14-4-2-5-15(10-14)16-6-3-9-22-11-16/h2-6,9-11,17H,7-8,12-13H2,1H3,(H,23,29)(H2,24,25,27,28). The van der Waals surface area contributed by atoms with E-state index in [9.17, 15) is 14.4 Å². The van der Waals surface area contributed by atoms with Crippen molar-refractivity contribution >= 4 is 18.0 Å². The topological polar surface area (TPSA) is 103 Å². The van der Waals surface area contributed by atoms with Crippen molar-refractivity contribution in [2.45, 2.75) is 37.9 Å². The quantitative estimate of drug-likeness (QED) is 0.653. The van der Waals surface area contributed by atoms with Gasteiger partial charge in [-0.3, -0.25) is 15.1 Å². The van der Waals surface area contributed by atoms with Crippen LogP contribution in [-0.4, -0.2) is 46.0 Å². The lowest BCUT2D eigenvalue weighted by Crippen LogP contribution is -2.55. The zero-order valence-electron chi connectivity index (χ0n) is 16.1. The van der Waals surface area contributed by atoms with Gasteiger partial charge in [0, 0.05) is 25.0 Å². The molecule has 1 aromatic heterocycles. The molecule has 2 fully saturated rings. The van der Waals surface area contributed by atoms with Crippen molar-refractivity contribution in [2.24, 2.45) is 0 Å². The molecule has 2 aromatic rings. The van der Waals surface area contributed by atoms with Crippen LogP contribution in [0.5, 0.6) is 0 Å². The molecule has 5 amide bonds. The average molecular weight is 393 g/mol. The van der Waals surface area contributed by atoms with Gasteiger partial charge in [0.1, 0.15) is 5.54 Å². The molecule has 1 aliphatic heterocycles. The Morgan fingerprint density at radius 1 is 1.24 bits per heavy atom. The second kappa shape index (κ2) is 7.54. The Morgan fingerprint density at radius 2 is 2.03 bits per heavy atom. The molecule has 3 N–H and O–H groups in total. The van der Waals surface area contributed by atoms with E-state index in [4.69, 9.17) is 0 Å². The Balaban J connectivity index is 1.44. The van der Waals surface area contributed by atoms with Crippen molar-refractivity contribution in [3.05, 3.63) is 54.4 Å². The van der Waals surface area contributed by atoms with Gasteiger partial charge >= 0.3 is 12.1 Å². The van der Waals surface area contributed by atoms with E-state index < -0.39 is 17.5 Å². The van der Waals surface area contributed by atoms with E-state index in [0.29, 0.717) is 6.54 Å². The highest BCUT2D eigenvalue weighted by atomic mass is 16.2. The molecular weight excluding hydrogens is 370 g/mol. The number of pyridine rings is 1. The van der Waals surface area contributed by atoms with Gasteiger partial charge in [0.25, 0.3) is 5.91 Å². The lowest BCUT2D eigenvalue weighted by molar-refractivity contribution is -0.123. The van der Waals surface area contributed by atoms with Gasteiger partial charge in [-0.2, -0.15) is 0 Å². The van der Waals surface area contributed by atoms with Gasteiger partial charge in [-0.1, -0.05) is 24.3 Å². The summed E-state index contributed by atoms with van der Waals surface area (Å²) in [6.07, 6.45) is 5.47. The molecule has 0 spiro atoms. The zero-order chi connectivity index (χ0) is 20.4. The van der Waals surface area contributed by atoms with Gasteiger partial charge in [0.15, 0.2) is 0 Å². The molecular formula is C21H23N5O3. The number of nitrogens with one attached hydrogen (secondary N) is 3. The Kier molecular flexibility index (Phi) is 4.92. The fourth-order valence-corrected chi connectivity index (χ4v) is 3.39. The van der Waals surface area contributed by atoms with Crippen LogP contribution in [0.25, 0.3) is 11.1 Å². The van der Waals surface area contributed by atoms with Crippen LogP contribution in [0.3, 0.4) is 0 Å². The monoisotopic (exact) mass is 393 g/mol. The maximum atomic E-state index is 12.8. The highest BCUT2D eigenvalue weighted by Gasteiger charge is 2.43. The van der Waals surface area contributed by atoms with E-state index in [1.54, 1.807) is 18.0 Å². The highest BCUT2D eigenvalue weighted by Crippen LogP contribution is 2.29. The summed E-state index contributed by atoms with van der Waals surface area (Å²) in [7, 11) is 0. The van der Waals surface area contributed by atoms with Crippen LogP contribution in [0.15, 0.2) is 48.8 Å². The number of carbonyl (C=O) groups excluding carboxylic acids is 3. The molecule has 8 nitrogen and oxygen atoms in total. The second-order valence-corrected chi connectivity index (χ2v) is 7.70. The minimum atomic E-state index is -1.14. The average Bonchev–Trinajstić information content (AvgIpc) is 3.52. The molecule has 8 heteroatoms. The van der Waals surface area contributed by atoms with Crippen LogP contribution >= 0.6 is 0 Å². The fraction of sp³-hybridized carbons (Fsp3) is 0.333. The van der Waals surface area contributed by atoms with Gasteiger partial charge in [-0.25, -0.2) is 9.59 Å². The summed E-state index contributed by atoms with van der Waals surface area (Å²) < 4.78 is 0. The van der Waals surface area contributed by atoms with E-state index in [0.717, 1.165) is 29.5 Å². The van der Waals surface area contributed by atoms with Crippen LogP contribution in [0.2, 0.25) is 0 Å².